The second-order valence-electron chi connectivity index (χ2n) is 6.94. The molecule has 32 heavy (non-hydrogen) atoms. The Morgan fingerprint density at radius 1 is 1.19 bits per heavy atom. The number of fused-ring (bicyclic) bond motifs is 1. The van der Waals surface area contributed by atoms with Crippen molar-refractivity contribution in [2.45, 2.75) is 6.42 Å². The molecule has 2 aromatic carbocycles. The van der Waals surface area contributed by atoms with E-state index in [-0.39, 0.29) is 23.6 Å². The number of hydrogen-bond acceptors (Lipinski definition) is 4. The molecule has 0 amide bonds. The molecular weight excluding hydrogens is 442 g/mol. The summed E-state index contributed by atoms with van der Waals surface area (Å²) in [4.78, 5) is 15.3. The van der Waals surface area contributed by atoms with Gasteiger partial charge in [-0.25, -0.2) is 22.4 Å². The lowest BCUT2D eigenvalue weighted by atomic mass is 10.0. The van der Waals surface area contributed by atoms with Crippen LogP contribution in [0.15, 0.2) is 53.5 Å². The van der Waals surface area contributed by atoms with Gasteiger partial charge in [-0.15, -0.1) is 0 Å². The lowest BCUT2D eigenvalue weighted by Crippen LogP contribution is -2.20. The van der Waals surface area contributed by atoms with Crippen LogP contribution >= 0.6 is 0 Å². The second-order valence-corrected chi connectivity index (χ2v) is 7.73. The third kappa shape index (κ3) is 4.44. The largest absolute Gasteiger partial charge is 0.454 e. The van der Waals surface area contributed by atoms with Gasteiger partial charge < -0.3 is 9.72 Å². The highest BCUT2D eigenvalue weighted by Gasteiger charge is 2.18. The van der Waals surface area contributed by atoms with Gasteiger partial charge in [-0.2, -0.15) is 5.10 Å². The first-order valence-electron chi connectivity index (χ1n) is 9.48. The van der Waals surface area contributed by atoms with Gasteiger partial charge in [0.2, 0.25) is 11.3 Å². The number of halogens is 2. The van der Waals surface area contributed by atoms with E-state index in [0.29, 0.717) is 28.6 Å². The average Bonchev–Trinajstić information content (AvgIpc) is 3.23. The first-order chi connectivity index (χ1) is 15.3. The Balaban J connectivity index is 1.84. The predicted molar refractivity (Wildman–Crippen MR) is 116 cm³/mol. The van der Waals surface area contributed by atoms with Crippen molar-refractivity contribution in [3.63, 3.8) is 0 Å². The van der Waals surface area contributed by atoms with Crippen LogP contribution in [-0.2, 0) is 24.7 Å². The fourth-order valence-electron chi connectivity index (χ4n) is 3.32. The summed E-state index contributed by atoms with van der Waals surface area (Å²) >= 11 is -2.14. The number of aryl methyl sites for hydroxylation is 1. The normalized spacial score (nSPS) is 12.2. The summed E-state index contributed by atoms with van der Waals surface area (Å²) in [7, 11) is 1.51. The molecule has 0 aliphatic rings. The van der Waals surface area contributed by atoms with Crippen LogP contribution in [0.3, 0.4) is 0 Å². The number of rotatable bonds is 7. The van der Waals surface area contributed by atoms with Gasteiger partial charge in [0, 0.05) is 36.8 Å². The Hall–Kier alpha value is -3.41. The van der Waals surface area contributed by atoms with Crippen LogP contribution in [-0.4, -0.2) is 30.1 Å². The van der Waals surface area contributed by atoms with Crippen molar-refractivity contribution in [3.8, 4) is 22.8 Å². The van der Waals surface area contributed by atoms with E-state index in [4.69, 9.17) is 9.29 Å². The van der Waals surface area contributed by atoms with E-state index < -0.39 is 22.9 Å². The van der Waals surface area contributed by atoms with Crippen LogP contribution < -0.4 is 15.0 Å². The van der Waals surface area contributed by atoms with Gasteiger partial charge in [0.25, 0.3) is 5.56 Å². The van der Waals surface area contributed by atoms with E-state index in [1.54, 1.807) is 30.5 Å². The van der Waals surface area contributed by atoms with Crippen molar-refractivity contribution in [1.29, 1.82) is 0 Å². The Morgan fingerprint density at radius 3 is 2.72 bits per heavy atom. The van der Waals surface area contributed by atoms with Gasteiger partial charge in [-0.1, -0.05) is 6.07 Å². The number of aromatic nitrogens is 3. The number of hydrogen-bond donors (Lipinski definition) is 3. The number of aromatic amines is 1. The number of benzene rings is 2. The summed E-state index contributed by atoms with van der Waals surface area (Å²) in [5.41, 5.74) is 1.70. The zero-order valence-corrected chi connectivity index (χ0v) is 17.6. The molecule has 4 aromatic rings. The molecule has 4 rings (SSSR count). The molecule has 0 aliphatic heterocycles. The zero-order chi connectivity index (χ0) is 22.8. The molecule has 8 nitrogen and oxygen atoms in total. The van der Waals surface area contributed by atoms with Crippen molar-refractivity contribution in [2.24, 2.45) is 7.05 Å². The smallest absolute Gasteiger partial charge is 0.290 e. The van der Waals surface area contributed by atoms with Crippen LogP contribution in [0.4, 0.5) is 8.78 Å². The Labute approximate surface area is 183 Å². The molecule has 166 valence electrons. The molecule has 0 saturated heterocycles. The molecule has 0 bridgehead atoms. The summed E-state index contributed by atoms with van der Waals surface area (Å²) in [6.07, 6.45) is 2.02. The number of H-pyrrole nitrogens is 1. The molecule has 0 radical (unpaired) electrons. The number of nitrogens with one attached hydrogen (secondary N) is 2. The van der Waals surface area contributed by atoms with Gasteiger partial charge in [-0.05, 0) is 42.3 Å². The molecule has 2 aromatic heterocycles. The molecule has 1 atom stereocenters. The van der Waals surface area contributed by atoms with Crippen molar-refractivity contribution >= 4 is 22.2 Å². The lowest BCUT2D eigenvalue weighted by Gasteiger charge is -2.15. The molecule has 0 aliphatic carbocycles. The van der Waals surface area contributed by atoms with Gasteiger partial charge in [0.1, 0.15) is 22.8 Å². The maximum atomic E-state index is 14.2. The van der Waals surface area contributed by atoms with Gasteiger partial charge in [0.15, 0.2) is 11.6 Å². The van der Waals surface area contributed by atoms with Crippen LogP contribution in [0.1, 0.15) is 5.56 Å². The van der Waals surface area contributed by atoms with Crippen LogP contribution in [0.25, 0.3) is 22.2 Å². The predicted octanol–water partition coefficient (Wildman–Crippen LogP) is 3.27. The van der Waals surface area contributed by atoms with E-state index in [0.717, 1.165) is 17.7 Å². The lowest BCUT2D eigenvalue weighted by molar-refractivity contribution is 0.438. The molecule has 2 heterocycles. The Kier molecular flexibility index (Phi) is 6.12. The van der Waals surface area contributed by atoms with Crippen LogP contribution in [0.2, 0.25) is 0 Å². The standard InChI is InChI=1S/C21H18F2N4O4S/c1-27-21(28)20-14(7-8-24-20)19(26-27)15-10-12(6-9-25-32(29)30)2-4-17(15)31-18-5-3-13(22)11-16(18)23/h2-5,7-8,10-11,24-25H,6,9H2,1H3,(H,29,30). The molecule has 3 N–H and O–H groups in total. The summed E-state index contributed by atoms with van der Waals surface area (Å²) in [6, 6.07) is 9.76. The quantitative estimate of drug-likeness (QED) is 0.367. The average molecular weight is 460 g/mol. The topological polar surface area (TPSA) is 109 Å². The minimum atomic E-state index is -2.14. The minimum Gasteiger partial charge on any atom is -0.454 e. The summed E-state index contributed by atoms with van der Waals surface area (Å²) in [5, 5.41) is 4.92. The Bertz CT molecular complexity index is 1390. The van der Waals surface area contributed by atoms with Crippen LogP contribution in [0.5, 0.6) is 11.5 Å². The van der Waals surface area contributed by atoms with Gasteiger partial charge in [0.05, 0.1) is 0 Å². The molecule has 0 fully saturated rings. The highest BCUT2D eigenvalue weighted by Crippen LogP contribution is 2.36. The van der Waals surface area contributed by atoms with E-state index in [9.17, 15) is 17.8 Å². The van der Waals surface area contributed by atoms with Crippen molar-refractivity contribution in [3.05, 3.63) is 76.2 Å². The summed E-state index contributed by atoms with van der Waals surface area (Å²) in [6.45, 7) is 0.232. The SMILES string of the molecule is Cn1nc(-c2cc(CCNS(=O)O)ccc2Oc2ccc(F)cc2F)c2cc[nH]c2c1=O. The highest BCUT2D eigenvalue weighted by atomic mass is 32.2. The van der Waals surface area contributed by atoms with Crippen molar-refractivity contribution < 1.29 is 22.3 Å². The summed E-state index contributed by atoms with van der Waals surface area (Å²) < 4.78 is 56.6. The first-order valence-corrected chi connectivity index (χ1v) is 10.6. The maximum Gasteiger partial charge on any atom is 0.290 e. The van der Waals surface area contributed by atoms with E-state index >= 15 is 0 Å². The van der Waals surface area contributed by atoms with Gasteiger partial charge >= 0.3 is 0 Å². The molecule has 11 heteroatoms. The minimum absolute atomic E-state index is 0.173. The molecule has 0 saturated carbocycles. The molecule has 1 unspecified atom stereocenters. The Morgan fingerprint density at radius 2 is 1.97 bits per heavy atom. The highest BCUT2D eigenvalue weighted by molar-refractivity contribution is 7.77. The van der Waals surface area contributed by atoms with Gasteiger partial charge in [-0.3, -0.25) is 9.35 Å². The van der Waals surface area contributed by atoms with Crippen molar-refractivity contribution in [1.82, 2.24) is 19.5 Å². The molecule has 0 spiro atoms. The van der Waals surface area contributed by atoms with E-state index in [1.807, 2.05) is 0 Å². The monoisotopic (exact) mass is 460 g/mol. The third-order valence-corrected chi connectivity index (χ3v) is 5.26. The van der Waals surface area contributed by atoms with E-state index in [2.05, 4.69) is 14.8 Å². The zero-order valence-electron chi connectivity index (χ0n) is 16.8. The fraction of sp³-hybridized carbons (Fsp3) is 0.143. The first kappa shape index (κ1) is 21.8. The number of nitrogens with zero attached hydrogens (tertiary/aromatic N) is 2. The van der Waals surface area contributed by atoms with E-state index in [1.165, 1.54) is 17.8 Å². The molecular formula is C21H18F2N4O4S. The fourth-order valence-corrected chi connectivity index (χ4v) is 3.60. The second kappa shape index (κ2) is 8.99. The maximum absolute atomic E-state index is 14.2. The third-order valence-electron chi connectivity index (χ3n) is 4.81. The van der Waals surface area contributed by atoms with Crippen LogP contribution in [0, 0.1) is 11.6 Å². The summed E-state index contributed by atoms with van der Waals surface area (Å²) in [5.74, 6) is -1.53. The number of ether oxygens (including phenoxy) is 1. The van der Waals surface area contributed by atoms with Crippen molar-refractivity contribution in [2.75, 3.05) is 6.54 Å².